The molecule has 6 aromatic rings. The minimum absolute atomic E-state index is 0. The van der Waals surface area contributed by atoms with Gasteiger partial charge in [0.2, 0.25) is 0 Å². The molecule has 0 aliphatic heterocycles. The number of fused-ring (bicyclic) bond motifs is 1. The van der Waals surface area contributed by atoms with Gasteiger partial charge < -0.3 is 25.3 Å². The number of rotatable bonds is 6. The molecule has 48 heavy (non-hydrogen) atoms. The molecule has 7 rings (SSSR count). The molecule has 0 spiro atoms. The molecule has 1 fully saturated rings. The molecule has 0 unspecified atom stereocenters. The summed E-state index contributed by atoms with van der Waals surface area (Å²) in [4.78, 5) is 11.5. The Morgan fingerprint density at radius 1 is 0.438 bits per heavy atom. The molecule has 1 aliphatic rings. The van der Waals surface area contributed by atoms with E-state index in [0.29, 0.717) is 0 Å². The van der Waals surface area contributed by atoms with Crippen molar-refractivity contribution < 1.29 is 25.9 Å². The molecule has 0 atom stereocenters. The van der Waals surface area contributed by atoms with Crippen LogP contribution in [0.25, 0.3) is 10.8 Å². The summed E-state index contributed by atoms with van der Waals surface area (Å²) in [6.07, 6.45) is 0. The fourth-order valence-electron chi connectivity index (χ4n) is 6.64. The number of benzene rings is 6. The fraction of sp³-hybridized carbons (Fsp3) is 0.167. The first-order chi connectivity index (χ1) is 22.6. The van der Waals surface area contributed by atoms with Gasteiger partial charge in [-0.05, 0) is 69.3 Å². The van der Waals surface area contributed by atoms with Crippen molar-refractivity contribution in [2.45, 2.75) is 31.8 Å². The van der Waals surface area contributed by atoms with Crippen molar-refractivity contribution in [2.24, 2.45) is 10.8 Å². The summed E-state index contributed by atoms with van der Waals surface area (Å²) in [6, 6.07) is 57.8. The quantitative estimate of drug-likeness (QED) is 0.126. The van der Waals surface area contributed by atoms with E-state index >= 15 is 0 Å². The normalized spacial score (nSPS) is 15.6. The van der Waals surface area contributed by atoms with Crippen LogP contribution >= 0.6 is 15.8 Å². The van der Waals surface area contributed by atoms with Crippen molar-refractivity contribution in [3.63, 3.8) is 0 Å². The third-order valence-electron chi connectivity index (χ3n) is 9.18. The molecule has 1 saturated carbocycles. The molecular formula is C42H38OP2PtS2. The first kappa shape index (κ1) is 36.8. The van der Waals surface area contributed by atoms with Crippen LogP contribution < -0.4 is 31.8 Å². The Bertz CT molecular complexity index is 1770. The van der Waals surface area contributed by atoms with Crippen molar-refractivity contribution in [2.75, 3.05) is 0 Å². The fourth-order valence-corrected chi connectivity index (χ4v) is 12.1. The number of Topliss-reactive ketones (excluding diaryl/α,β-unsaturated/α-hetero) is 1. The Kier molecular flexibility index (Phi) is 11.6. The number of carbonyl (C=O) groups is 1. The van der Waals surface area contributed by atoms with E-state index in [1.54, 1.807) is 0 Å². The summed E-state index contributed by atoms with van der Waals surface area (Å²) in [5.41, 5.74) is -0.998. The van der Waals surface area contributed by atoms with Crippen molar-refractivity contribution in [1.82, 2.24) is 0 Å². The van der Waals surface area contributed by atoms with Crippen molar-refractivity contribution in [3.8, 4) is 0 Å². The van der Waals surface area contributed by atoms with Crippen LogP contribution in [0.15, 0.2) is 158 Å². The van der Waals surface area contributed by atoms with Crippen molar-refractivity contribution >= 4 is 89.5 Å². The molecule has 0 bridgehead atoms. The van der Waals surface area contributed by atoms with Gasteiger partial charge in [0.1, 0.15) is 5.78 Å². The monoisotopic (exact) mass is 879 g/mol. The third-order valence-corrected chi connectivity index (χ3v) is 16.2. The zero-order chi connectivity index (χ0) is 33.2. The van der Waals surface area contributed by atoms with Gasteiger partial charge >= 0.3 is 21.1 Å². The second-order valence-corrected chi connectivity index (χ2v) is 18.7. The van der Waals surface area contributed by atoms with Gasteiger partial charge in [-0.3, -0.25) is 8.87 Å². The average molecular weight is 880 g/mol. The summed E-state index contributed by atoms with van der Waals surface area (Å²) < 4.78 is -0.697. The molecule has 244 valence electrons. The summed E-state index contributed by atoms with van der Waals surface area (Å²) in [6.45, 7) is 7.34. The SMILES string of the molecule is CC1(C)C(=O)C(C)(C)C1([S-])[S-].[Pt+2].c1ccc(P(c2ccccc2)c2cccc3cccc(P(c4ccccc4)c4ccccc4)c23)cc1. The predicted molar refractivity (Wildman–Crippen MR) is 211 cm³/mol. The van der Waals surface area contributed by atoms with Gasteiger partial charge in [-0.2, -0.15) is 0 Å². The first-order valence-corrected chi connectivity index (χ1v) is 19.3. The largest absolute Gasteiger partial charge is 2.00 e. The number of hydrogen-bond donors (Lipinski definition) is 0. The topological polar surface area (TPSA) is 17.1 Å². The molecule has 0 amide bonds. The molecular weight excluding hydrogens is 842 g/mol. The maximum Gasteiger partial charge on any atom is 2.00 e. The zero-order valence-electron chi connectivity index (χ0n) is 27.4. The smallest absolute Gasteiger partial charge is 0.810 e. The molecule has 0 saturated heterocycles. The van der Waals surface area contributed by atoms with Gasteiger partial charge in [-0.1, -0.05) is 185 Å². The van der Waals surface area contributed by atoms with Crippen LogP contribution in [-0.2, 0) is 51.1 Å². The molecule has 0 N–H and O–H groups in total. The molecule has 1 nitrogen and oxygen atoms in total. The van der Waals surface area contributed by atoms with Crippen molar-refractivity contribution in [3.05, 3.63) is 158 Å². The maximum absolute atomic E-state index is 11.5. The van der Waals surface area contributed by atoms with E-state index in [1.807, 2.05) is 27.7 Å². The van der Waals surface area contributed by atoms with Gasteiger partial charge in [0, 0.05) is 0 Å². The molecule has 0 radical (unpaired) electrons. The first-order valence-electron chi connectivity index (χ1n) is 15.8. The van der Waals surface area contributed by atoms with E-state index in [4.69, 9.17) is 25.3 Å². The summed E-state index contributed by atoms with van der Waals surface area (Å²) in [7, 11) is -1.43. The zero-order valence-corrected chi connectivity index (χ0v) is 33.1. The van der Waals surface area contributed by atoms with Gasteiger partial charge in [0.05, 0.1) is 0 Å². The van der Waals surface area contributed by atoms with E-state index in [1.165, 1.54) is 42.6 Å². The summed E-state index contributed by atoms with van der Waals surface area (Å²) in [5.74, 6) is 0.190. The Balaban J connectivity index is 0.000000322. The molecule has 0 aromatic heterocycles. The second kappa shape index (κ2) is 15.2. The molecule has 1 aliphatic carbocycles. The molecule has 0 heterocycles. The standard InChI is InChI=1S/C34H26P2.C8H14OS2.Pt/c1-5-17-28(18-6-1)35(29-19-7-2-8-20-29)32-25-13-15-27-16-14-26-33(34(27)32)36(30-21-9-3-10-22-30)31-23-11-4-12-24-31;1-6(2)5(9)7(3,4)8(6,10)11;/h1-26H;10-11H,1-4H3;/q;;+2/p-2. The van der Waals surface area contributed by atoms with Gasteiger partial charge in [0.15, 0.2) is 0 Å². The van der Waals surface area contributed by atoms with Crippen LogP contribution in [-0.4, -0.2) is 9.86 Å². The summed E-state index contributed by atoms with van der Waals surface area (Å²) >= 11 is 10.4. The minimum Gasteiger partial charge on any atom is -0.810 e. The van der Waals surface area contributed by atoms with Crippen LogP contribution in [0.2, 0.25) is 0 Å². The Hall–Kier alpha value is -2.50. The van der Waals surface area contributed by atoms with E-state index < -0.39 is 30.8 Å². The van der Waals surface area contributed by atoms with E-state index in [0.717, 1.165) is 0 Å². The average Bonchev–Trinajstić information content (AvgIpc) is 3.10. The Morgan fingerprint density at radius 2 is 0.729 bits per heavy atom. The van der Waals surface area contributed by atoms with Crippen LogP contribution in [0, 0.1) is 10.8 Å². The Morgan fingerprint density at radius 3 is 0.979 bits per heavy atom. The van der Waals surface area contributed by atoms with Crippen LogP contribution in [0.4, 0.5) is 0 Å². The van der Waals surface area contributed by atoms with Crippen LogP contribution in [0.5, 0.6) is 0 Å². The van der Waals surface area contributed by atoms with E-state index in [2.05, 4.69) is 158 Å². The maximum atomic E-state index is 11.5. The van der Waals surface area contributed by atoms with Crippen LogP contribution in [0.3, 0.4) is 0 Å². The summed E-state index contributed by atoms with van der Waals surface area (Å²) in [5, 5.41) is 11.1. The third kappa shape index (κ3) is 6.80. The number of carbonyl (C=O) groups excluding carboxylic acids is 1. The van der Waals surface area contributed by atoms with Gasteiger partial charge in [0.25, 0.3) is 0 Å². The number of ketones is 1. The van der Waals surface area contributed by atoms with Gasteiger partial charge in [-0.25, -0.2) is 0 Å². The second-order valence-electron chi connectivity index (χ2n) is 12.9. The minimum atomic E-state index is -0.714. The number of hydrogen-bond acceptors (Lipinski definition) is 3. The molecule has 6 aromatic carbocycles. The van der Waals surface area contributed by atoms with Crippen LogP contribution in [0.1, 0.15) is 27.7 Å². The van der Waals surface area contributed by atoms with Gasteiger partial charge in [-0.15, -0.1) is 0 Å². The van der Waals surface area contributed by atoms with E-state index in [9.17, 15) is 4.79 Å². The predicted octanol–water partition coefficient (Wildman–Crippen LogP) is 7.77. The molecule has 6 heteroatoms. The Labute approximate surface area is 313 Å². The van der Waals surface area contributed by atoms with E-state index in [-0.39, 0.29) is 26.8 Å². The van der Waals surface area contributed by atoms with Crippen molar-refractivity contribution in [1.29, 1.82) is 0 Å².